The normalized spacial score (nSPS) is 20.6. The second kappa shape index (κ2) is 7.72. The van der Waals surface area contributed by atoms with Gasteiger partial charge in [0.1, 0.15) is 5.37 Å². The Bertz CT molecular complexity index is 685. The summed E-state index contributed by atoms with van der Waals surface area (Å²) in [4.78, 5) is 30.7. The van der Waals surface area contributed by atoms with Gasteiger partial charge < -0.3 is 9.80 Å². The molecular weight excluding hydrogens is 360 g/mol. The van der Waals surface area contributed by atoms with E-state index in [4.69, 9.17) is 0 Å². The zero-order valence-electron chi connectivity index (χ0n) is 13.7. The third-order valence-electron chi connectivity index (χ3n) is 4.05. The van der Waals surface area contributed by atoms with Gasteiger partial charge in [0.2, 0.25) is 5.91 Å². The molecule has 0 bridgehead atoms. The van der Waals surface area contributed by atoms with E-state index in [1.807, 2.05) is 52.6 Å². The number of thiophene rings is 2. The smallest absolute Gasteiger partial charge is 0.263 e. The molecule has 2 atom stereocenters. The average Bonchev–Trinajstić information content (AvgIpc) is 3.32. The predicted octanol–water partition coefficient (Wildman–Crippen LogP) is 3.93. The summed E-state index contributed by atoms with van der Waals surface area (Å²) in [6.45, 7) is 5.72. The lowest BCUT2D eigenvalue weighted by Gasteiger charge is -2.27. The largest absolute Gasteiger partial charge is 0.336 e. The minimum atomic E-state index is -0.0276. The third kappa shape index (κ3) is 3.53. The summed E-state index contributed by atoms with van der Waals surface area (Å²) in [5, 5.41) is 4.00. The van der Waals surface area contributed by atoms with Gasteiger partial charge in [-0.3, -0.25) is 9.59 Å². The van der Waals surface area contributed by atoms with E-state index in [0.29, 0.717) is 19.6 Å². The molecule has 0 saturated carbocycles. The Kier molecular flexibility index (Phi) is 5.63. The summed E-state index contributed by atoms with van der Waals surface area (Å²) in [7, 11) is 0. The van der Waals surface area contributed by atoms with Crippen LogP contribution in [0.5, 0.6) is 0 Å². The molecule has 1 fully saturated rings. The summed E-state index contributed by atoms with van der Waals surface area (Å²) in [6, 6.07) is 7.84. The van der Waals surface area contributed by atoms with Crippen molar-refractivity contribution >= 4 is 46.2 Å². The van der Waals surface area contributed by atoms with Gasteiger partial charge in [0.05, 0.1) is 10.1 Å². The number of hydrogen-bond donors (Lipinski definition) is 0. The molecule has 2 amide bonds. The molecule has 2 unspecified atom stereocenters. The average molecular weight is 381 g/mol. The minimum Gasteiger partial charge on any atom is -0.336 e. The Morgan fingerprint density at radius 1 is 1.25 bits per heavy atom. The fraction of sp³-hybridized carbons (Fsp3) is 0.412. The van der Waals surface area contributed by atoms with Crippen molar-refractivity contribution in [1.29, 1.82) is 0 Å². The van der Waals surface area contributed by atoms with E-state index in [-0.39, 0.29) is 22.4 Å². The van der Waals surface area contributed by atoms with Crippen molar-refractivity contribution in [3.8, 4) is 0 Å². The topological polar surface area (TPSA) is 40.6 Å². The van der Waals surface area contributed by atoms with Gasteiger partial charge in [-0.25, -0.2) is 0 Å². The summed E-state index contributed by atoms with van der Waals surface area (Å²) >= 11 is 4.83. The van der Waals surface area contributed by atoms with E-state index in [0.717, 1.165) is 4.88 Å². The number of nitrogens with zero attached hydrogens (tertiary/aromatic N) is 2. The molecule has 0 spiro atoms. The van der Waals surface area contributed by atoms with Crippen LogP contribution in [-0.2, 0) is 4.79 Å². The van der Waals surface area contributed by atoms with Crippen LogP contribution in [0.15, 0.2) is 35.0 Å². The van der Waals surface area contributed by atoms with Crippen molar-refractivity contribution in [3.05, 3.63) is 44.8 Å². The van der Waals surface area contributed by atoms with E-state index in [1.54, 1.807) is 23.1 Å². The van der Waals surface area contributed by atoms with Crippen LogP contribution >= 0.6 is 34.4 Å². The first-order valence-electron chi connectivity index (χ1n) is 7.94. The highest BCUT2D eigenvalue weighted by Gasteiger charge is 2.39. The first-order valence-corrected chi connectivity index (χ1v) is 10.6. The van der Waals surface area contributed by atoms with Crippen LogP contribution in [-0.4, -0.2) is 46.5 Å². The molecule has 1 saturated heterocycles. The van der Waals surface area contributed by atoms with E-state index in [9.17, 15) is 9.59 Å². The molecule has 24 heavy (non-hydrogen) atoms. The van der Waals surface area contributed by atoms with Crippen LogP contribution in [0.25, 0.3) is 0 Å². The van der Waals surface area contributed by atoms with Crippen molar-refractivity contribution < 1.29 is 9.59 Å². The first-order chi connectivity index (χ1) is 11.6. The van der Waals surface area contributed by atoms with Gasteiger partial charge in [-0.05, 0) is 36.7 Å². The molecule has 0 N–H and O–H groups in total. The molecule has 7 heteroatoms. The van der Waals surface area contributed by atoms with Gasteiger partial charge in [0.15, 0.2) is 0 Å². The quantitative estimate of drug-likeness (QED) is 0.762. The third-order valence-corrected chi connectivity index (χ3v) is 7.35. The molecule has 3 heterocycles. The van der Waals surface area contributed by atoms with Gasteiger partial charge in [-0.15, -0.1) is 34.4 Å². The van der Waals surface area contributed by atoms with Gasteiger partial charge in [-0.1, -0.05) is 12.1 Å². The van der Waals surface area contributed by atoms with Gasteiger partial charge in [0, 0.05) is 24.5 Å². The van der Waals surface area contributed by atoms with Crippen molar-refractivity contribution in [2.45, 2.75) is 24.5 Å². The maximum Gasteiger partial charge on any atom is 0.263 e. The fourth-order valence-electron chi connectivity index (χ4n) is 2.74. The van der Waals surface area contributed by atoms with Crippen molar-refractivity contribution in [2.24, 2.45) is 0 Å². The van der Waals surface area contributed by atoms with E-state index < -0.39 is 0 Å². The summed E-state index contributed by atoms with van der Waals surface area (Å²) in [6.07, 6.45) is 0. The molecule has 2 aromatic heterocycles. The molecule has 0 radical (unpaired) electrons. The Labute approximate surface area is 154 Å². The Hall–Kier alpha value is -1.31. The Morgan fingerprint density at radius 2 is 2.00 bits per heavy atom. The van der Waals surface area contributed by atoms with Crippen LogP contribution in [0.4, 0.5) is 0 Å². The maximum absolute atomic E-state index is 12.5. The second-order valence-corrected chi connectivity index (χ2v) is 8.89. The zero-order valence-corrected chi connectivity index (χ0v) is 16.1. The van der Waals surface area contributed by atoms with Crippen LogP contribution in [0.2, 0.25) is 0 Å². The molecule has 1 aliphatic heterocycles. The number of rotatable bonds is 6. The van der Waals surface area contributed by atoms with E-state index in [2.05, 4.69) is 6.07 Å². The highest BCUT2D eigenvalue weighted by Crippen LogP contribution is 2.44. The van der Waals surface area contributed by atoms with Crippen molar-refractivity contribution in [3.63, 3.8) is 0 Å². The highest BCUT2D eigenvalue weighted by molar-refractivity contribution is 8.01. The number of likely N-dealkylation sites (N-methyl/N-ethyl adjacent to an activating group) is 1. The van der Waals surface area contributed by atoms with E-state index >= 15 is 0 Å². The van der Waals surface area contributed by atoms with Crippen LogP contribution in [0, 0.1) is 0 Å². The zero-order chi connectivity index (χ0) is 17.1. The second-order valence-electron chi connectivity index (χ2n) is 5.54. The van der Waals surface area contributed by atoms with E-state index in [1.165, 1.54) is 16.2 Å². The fourth-order valence-corrected chi connectivity index (χ4v) is 5.69. The molecule has 1 aliphatic rings. The lowest BCUT2D eigenvalue weighted by molar-refractivity contribution is -0.129. The maximum atomic E-state index is 12.5. The summed E-state index contributed by atoms with van der Waals surface area (Å²) < 4.78 is 0. The summed E-state index contributed by atoms with van der Waals surface area (Å²) in [5.41, 5.74) is 0. The number of thioether (sulfide) groups is 1. The number of carbonyl (C=O) groups is 2. The number of amides is 2. The van der Waals surface area contributed by atoms with Crippen LogP contribution < -0.4 is 0 Å². The SMILES string of the molecule is CCN(CCN1C(=O)C(C)SC1c1cccs1)C(=O)c1cccs1. The molecule has 4 nitrogen and oxygen atoms in total. The Morgan fingerprint density at radius 3 is 2.62 bits per heavy atom. The van der Waals surface area contributed by atoms with Crippen molar-refractivity contribution in [1.82, 2.24) is 9.80 Å². The number of hydrogen-bond acceptors (Lipinski definition) is 5. The lowest BCUT2D eigenvalue weighted by atomic mass is 10.3. The molecule has 0 aromatic carbocycles. The van der Waals surface area contributed by atoms with Gasteiger partial charge >= 0.3 is 0 Å². The molecule has 0 aliphatic carbocycles. The minimum absolute atomic E-state index is 0.0276. The standard InChI is InChI=1S/C17H20N2O2S3/c1-3-18(16(21)13-6-4-10-22-13)8-9-19-15(20)12(2)24-17(19)14-7-5-11-23-14/h4-7,10-12,17H,3,8-9H2,1-2H3. The first kappa shape index (κ1) is 17.5. The predicted molar refractivity (Wildman–Crippen MR) is 102 cm³/mol. The monoisotopic (exact) mass is 380 g/mol. The van der Waals surface area contributed by atoms with Crippen LogP contribution in [0.3, 0.4) is 0 Å². The van der Waals surface area contributed by atoms with Gasteiger partial charge in [0.25, 0.3) is 5.91 Å². The van der Waals surface area contributed by atoms with Crippen LogP contribution in [0.1, 0.15) is 33.8 Å². The molecule has 2 aromatic rings. The molecular formula is C17H20N2O2S3. The number of carbonyl (C=O) groups excluding carboxylic acids is 2. The van der Waals surface area contributed by atoms with Gasteiger partial charge in [-0.2, -0.15) is 0 Å². The molecule has 128 valence electrons. The Balaban J connectivity index is 1.69. The highest BCUT2D eigenvalue weighted by atomic mass is 32.2. The van der Waals surface area contributed by atoms with Crippen molar-refractivity contribution in [2.75, 3.05) is 19.6 Å². The molecule has 3 rings (SSSR count). The lowest BCUT2D eigenvalue weighted by Crippen LogP contribution is -2.40. The summed E-state index contributed by atoms with van der Waals surface area (Å²) in [5.74, 6) is 0.213.